The molecule has 0 saturated carbocycles. The normalized spacial score (nSPS) is 11.3. The lowest BCUT2D eigenvalue weighted by molar-refractivity contribution is 0.0698. The van der Waals surface area contributed by atoms with E-state index in [4.69, 9.17) is 5.11 Å². The highest BCUT2D eigenvalue weighted by molar-refractivity contribution is 9.11. The number of hydrogen-bond donors (Lipinski definition) is 2. The first kappa shape index (κ1) is 15.0. The van der Waals surface area contributed by atoms with Crippen LogP contribution in [0.15, 0.2) is 38.3 Å². The molecule has 0 spiro atoms. The minimum atomic E-state index is -3.79. The van der Waals surface area contributed by atoms with Crippen LogP contribution < -0.4 is 4.72 Å². The molecule has 0 aliphatic carbocycles. The van der Waals surface area contributed by atoms with Gasteiger partial charge in [-0.25, -0.2) is 13.2 Å². The van der Waals surface area contributed by atoms with E-state index in [1.165, 1.54) is 18.2 Å². The number of sulfonamides is 1. The Morgan fingerprint density at radius 3 is 2.55 bits per heavy atom. The first-order valence-corrected chi connectivity index (χ1v) is 8.51. The Balaban J connectivity index is 2.42. The van der Waals surface area contributed by atoms with E-state index in [1.54, 1.807) is 19.1 Å². The fourth-order valence-electron chi connectivity index (χ4n) is 1.56. The molecule has 1 aromatic carbocycles. The van der Waals surface area contributed by atoms with Gasteiger partial charge in [0.1, 0.15) is 4.21 Å². The van der Waals surface area contributed by atoms with E-state index in [-0.39, 0.29) is 15.5 Å². The quantitative estimate of drug-likeness (QED) is 0.858. The summed E-state index contributed by atoms with van der Waals surface area (Å²) in [4.78, 5) is 11.2. The molecule has 0 unspecified atom stereocenters. The summed E-state index contributed by atoms with van der Waals surface area (Å²) in [7, 11) is -3.79. The van der Waals surface area contributed by atoms with E-state index < -0.39 is 16.0 Å². The highest BCUT2D eigenvalue weighted by Gasteiger charge is 2.20. The predicted octanol–water partition coefficient (Wildman–Crippen LogP) is 3.32. The Morgan fingerprint density at radius 2 is 2.00 bits per heavy atom. The molecule has 106 valence electrons. The molecule has 0 saturated heterocycles. The van der Waals surface area contributed by atoms with Gasteiger partial charge in [-0.3, -0.25) is 4.72 Å². The van der Waals surface area contributed by atoms with Gasteiger partial charge >= 0.3 is 5.97 Å². The molecule has 0 aliphatic rings. The molecule has 5 nitrogen and oxygen atoms in total. The SMILES string of the molecule is Cc1ccc(NS(=O)(=O)c2ccc(Br)s2)c(C(=O)O)c1. The third kappa shape index (κ3) is 3.20. The fraction of sp³-hybridized carbons (Fsp3) is 0.0833. The van der Waals surface area contributed by atoms with Crippen molar-refractivity contribution in [2.45, 2.75) is 11.1 Å². The zero-order valence-corrected chi connectivity index (χ0v) is 13.5. The highest BCUT2D eigenvalue weighted by atomic mass is 79.9. The van der Waals surface area contributed by atoms with Gasteiger partial charge in [0.05, 0.1) is 15.0 Å². The number of aromatic carboxylic acids is 1. The van der Waals surface area contributed by atoms with Crippen LogP contribution in [0, 0.1) is 6.92 Å². The Hall–Kier alpha value is -1.38. The maximum absolute atomic E-state index is 12.2. The van der Waals surface area contributed by atoms with Crippen molar-refractivity contribution in [1.82, 2.24) is 0 Å². The number of halogens is 1. The van der Waals surface area contributed by atoms with Gasteiger partial charge in [0, 0.05) is 0 Å². The Kier molecular flexibility index (Phi) is 4.17. The number of aryl methyl sites for hydroxylation is 1. The van der Waals surface area contributed by atoms with Crippen molar-refractivity contribution in [3.8, 4) is 0 Å². The molecule has 8 heteroatoms. The number of rotatable bonds is 4. The van der Waals surface area contributed by atoms with Crippen molar-refractivity contribution in [3.63, 3.8) is 0 Å². The van der Waals surface area contributed by atoms with Crippen LogP contribution in [0.5, 0.6) is 0 Å². The molecule has 0 bridgehead atoms. The number of nitrogens with one attached hydrogen (secondary N) is 1. The van der Waals surface area contributed by atoms with Crippen molar-refractivity contribution in [3.05, 3.63) is 45.2 Å². The van der Waals surface area contributed by atoms with Gasteiger partial charge in [0.15, 0.2) is 0 Å². The predicted molar refractivity (Wildman–Crippen MR) is 81.0 cm³/mol. The summed E-state index contributed by atoms with van der Waals surface area (Å²) in [5, 5.41) is 9.12. The van der Waals surface area contributed by atoms with Gasteiger partial charge in [-0.15, -0.1) is 11.3 Å². The summed E-state index contributed by atoms with van der Waals surface area (Å²) in [6, 6.07) is 7.58. The molecule has 0 aliphatic heterocycles. The van der Waals surface area contributed by atoms with E-state index in [2.05, 4.69) is 20.7 Å². The van der Waals surface area contributed by atoms with E-state index in [0.717, 1.165) is 16.9 Å². The fourth-order valence-corrected chi connectivity index (χ4v) is 4.65. The lowest BCUT2D eigenvalue weighted by Crippen LogP contribution is -2.14. The molecule has 0 fully saturated rings. The third-order valence-corrected chi connectivity index (χ3v) is 5.94. The van der Waals surface area contributed by atoms with Crippen LogP contribution in [0.25, 0.3) is 0 Å². The van der Waals surface area contributed by atoms with Crippen LogP contribution in [0.4, 0.5) is 5.69 Å². The van der Waals surface area contributed by atoms with Crippen molar-refractivity contribution < 1.29 is 18.3 Å². The first-order chi connectivity index (χ1) is 9.29. The molecule has 0 amide bonds. The highest BCUT2D eigenvalue weighted by Crippen LogP contribution is 2.28. The third-order valence-electron chi connectivity index (χ3n) is 2.46. The largest absolute Gasteiger partial charge is 0.478 e. The second-order valence-electron chi connectivity index (χ2n) is 4.02. The summed E-state index contributed by atoms with van der Waals surface area (Å²) >= 11 is 4.24. The smallest absolute Gasteiger partial charge is 0.337 e. The summed E-state index contributed by atoms with van der Waals surface area (Å²) < 4.78 is 27.4. The minimum Gasteiger partial charge on any atom is -0.478 e. The standard InChI is InChI=1S/C12H10BrNO4S2/c1-7-2-3-9(8(6-7)12(15)16)14-20(17,18)11-5-4-10(13)19-11/h2-6,14H,1H3,(H,15,16). The Bertz CT molecular complexity index is 768. The first-order valence-electron chi connectivity index (χ1n) is 5.42. The average Bonchev–Trinajstić information content (AvgIpc) is 2.78. The molecule has 2 aromatic rings. The zero-order valence-electron chi connectivity index (χ0n) is 10.3. The van der Waals surface area contributed by atoms with Gasteiger partial charge in [-0.2, -0.15) is 0 Å². The van der Waals surface area contributed by atoms with E-state index >= 15 is 0 Å². The lowest BCUT2D eigenvalue weighted by atomic mass is 10.1. The zero-order chi connectivity index (χ0) is 14.9. The van der Waals surface area contributed by atoms with Crippen molar-refractivity contribution in [2.24, 2.45) is 0 Å². The van der Waals surface area contributed by atoms with Crippen LogP contribution in [-0.4, -0.2) is 19.5 Å². The van der Waals surface area contributed by atoms with Crippen LogP contribution in [0.3, 0.4) is 0 Å². The molecule has 2 rings (SSSR count). The molecular formula is C12H10BrNO4S2. The van der Waals surface area contributed by atoms with Crippen LogP contribution in [0.1, 0.15) is 15.9 Å². The molecule has 0 atom stereocenters. The maximum atomic E-state index is 12.2. The second kappa shape index (κ2) is 5.55. The minimum absolute atomic E-state index is 0.0487. The second-order valence-corrected chi connectivity index (χ2v) is 8.39. The molecule has 1 aromatic heterocycles. The molecule has 1 heterocycles. The number of carbonyl (C=O) groups is 1. The topological polar surface area (TPSA) is 83.5 Å². The van der Waals surface area contributed by atoms with E-state index in [1.807, 2.05) is 0 Å². The summed E-state index contributed by atoms with van der Waals surface area (Å²) in [5.41, 5.74) is 0.709. The van der Waals surface area contributed by atoms with Gasteiger partial charge in [0.2, 0.25) is 0 Å². The van der Waals surface area contributed by atoms with Gasteiger partial charge in [0.25, 0.3) is 10.0 Å². The van der Waals surface area contributed by atoms with E-state index in [0.29, 0.717) is 3.79 Å². The monoisotopic (exact) mass is 375 g/mol. The Morgan fingerprint density at radius 1 is 1.30 bits per heavy atom. The van der Waals surface area contributed by atoms with Crippen LogP contribution in [-0.2, 0) is 10.0 Å². The number of anilines is 1. The van der Waals surface area contributed by atoms with Gasteiger partial charge < -0.3 is 5.11 Å². The number of carboxylic acid groups (broad SMARTS) is 1. The molecule has 2 N–H and O–H groups in total. The summed E-state index contributed by atoms with van der Waals surface area (Å²) in [6.45, 7) is 1.74. The number of thiophene rings is 1. The van der Waals surface area contributed by atoms with Crippen LogP contribution >= 0.6 is 27.3 Å². The number of hydrogen-bond acceptors (Lipinski definition) is 4. The summed E-state index contributed by atoms with van der Waals surface area (Å²) in [5.74, 6) is -1.18. The number of benzene rings is 1. The van der Waals surface area contributed by atoms with Crippen molar-refractivity contribution >= 4 is 48.9 Å². The van der Waals surface area contributed by atoms with Gasteiger partial charge in [-0.05, 0) is 47.1 Å². The van der Waals surface area contributed by atoms with Gasteiger partial charge in [-0.1, -0.05) is 11.6 Å². The molecule has 20 heavy (non-hydrogen) atoms. The van der Waals surface area contributed by atoms with Crippen molar-refractivity contribution in [1.29, 1.82) is 0 Å². The van der Waals surface area contributed by atoms with Crippen LogP contribution in [0.2, 0.25) is 0 Å². The molecular weight excluding hydrogens is 366 g/mol. The lowest BCUT2D eigenvalue weighted by Gasteiger charge is -2.10. The van der Waals surface area contributed by atoms with Crippen molar-refractivity contribution in [2.75, 3.05) is 4.72 Å². The Labute approximate surface area is 128 Å². The summed E-state index contributed by atoms with van der Waals surface area (Å²) in [6.07, 6.45) is 0. The average molecular weight is 376 g/mol. The number of carboxylic acids is 1. The maximum Gasteiger partial charge on any atom is 0.337 e. The molecule has 0 radical (unpaired) electrons. The van der Waals surface area contributed by atoms with E-state index in [9.17, 15) is 13.2 Å².